The number of hydrogen-bond acceptors (Lipinski definition) is 3. The van der Waals surface area contributed by atoms with Crippen LogP contribution < -0.4 is 10.1 Å². The van der Waals surface area contributed by atoms with Gasteiger partial charge in [-0.05, 0) is 44.2 Å². The first-order chi connectivity index (χ1) is 8.15. The van der Waals surface area contributed by atoms with Crippen LogP contribution in [0.1, 0.15) is 20.3 Å². The topological polar surface area (TPSA) is 21.3 Å². The number of anilines is 1. The molecule has 0 radical (unpaired) electrons. The Bertz CT molecular complexity index is 378. The molecule has 1 heterocycles. The van der Waals surface area contributed by atoms with Crippen molar-refractivity contribution in [2.45, 2.75) is 32.4 Å². The van der Waals surface area contributed by atoms with Gasteiger partial charge in [0.15, 0.2) is 0 Å². The van der Waals surface area contributed by atoms with Gasteiger partial charge in [-0.2, -0.15) is 11.8 Å². The molecule has 1 aromatic carbocycles. The molecule has 0 spiro atoms. The molecule has 94 valence electrons. The molecule has 2 rings (SSSR count). The van der Waals surface area contributed by atoms with E-state index in [9.17, 15) is 0 Å². The molecule has 1 aliphatic rings. The minimum Gasteiger partial charge on any atom is -0.489 e. The average molecular weight is 272 g/mol. The maximum atomic E-state index is 6.19. The van der Waals surface area contributed by atoms with Gasteiger partial charge in [-0.25, -0.2) is 0 Å². The third-order valence-electron chi connectivity index (χ3n) is 2.60. The van der Waals surface area contributed by atoms with E-state index in [0.29, 0.717) is 11.1 Å². The summed E-state index contributed by atoms with van der Waals surface area (Å²) in [7, 11) is 0. The summed E-state index contributed by atoms with van der Waals surface area (Å²) in [5.74, 6) is 3.19. The van der Waals surface area contributed by atoms with Crippen LogP contribution in [0.15, 0.2) is 18.2 Å². The Kier molecular flexibility index (Phi) is 4.46. The maximum Gasteiger partial charge on any atom is 0.138 e. The van der Waals surface area contributed by atoms with E-state index >= 15 is 0 Å². The molecule has 1 N–H and O–H groups in total. The second-order valence-electron chi connectivity index (χ2n) is 4.52. The Morgan fingerprint density at radius 2 is 2.29 bits per heavy atom. The van der Waals surface area contributed by atoms with E-state index in [1.165, 1.54) is 17.9 Å². The van der Waals surface area contributed by atoms with Crippen LogP contribution in [0.3, 0.4) is 0 Å². The van der Waals surface area contributed by atoms with Gasteiger partial charge >= 0.3 is 0 Å². The highest BCUT2D eigenvalue weighted by molar-refractivity contribution is 7.99. The highest BCUT2D eigenvalue weighted by Crippen LogP contribution is 2.30. The molecule has 0 amide bonds. The summed E-state index contributed by atoms with van der Waals surface area (Å²) >= 11 is 8.19. The lowest BCUT2D eigenvalue weighted by Crippen LogP contribution is -2.18. The summed E-state index contributed by atoms with van der Waals surface area (Å²) in [4.78, 5) is 0. The lowest BCUT2D eigenvalue weighted by Gasteiger charge is -2.15. The van der Waals surface area contributed by atoms with Gasteiger partial charge in [0.25, 0.3) is 0 Å². The zero-order chi connectivity index (χ0) is 12.3. The summed E-state index contributed by atoms with van der Waals surface area (Å²) in [6.45, 7) is 4.00. The summed E-state index contributed by atoms with van der Waals surface area (Å²) in [5, 5.41) is 4.18. The Balaban J connectivity index is 2.02. The van der Waals surface area contributed by atoms with Crippen molar-refractivity contribution in [2.75, 3.05) is 16.8 Å². The molecule has 0 saturated carbocycles. The minimum atomic E-state index is 0.151. The average Bonchev–Trinajstić information content (AvgIpc) is 2.74. The summed E-state index contributed by atoms with van der Waals surface area (Å²) in [5.41, 5.74) is 1.08. The number of halogens is 1. The number of ether oxygens (including phenoxy) is 1. The Hall–Kier alpha value is -0.540. The van der Waals surface area contributed by atoms with Gasteiger partial charge in [0.05, 0.1) is 11.1 Å². The van der Waals surface area contributed by atoms with Gasteiger partial charge in [-0.3, -0.25) is 0 Å². The molecule has 2 nitrogen and oxygen atoms in total. The van der Waals surface area contributed by atoms with Gasteiger partial charge in [-0.15, -0.1) is 0 Å². The van der Waals surface area contributed by atoms with E-state index in [1.807, 2.05) is 43.8 Å². The smallest absolute Gasteiger partial charge is 0.138 e. The Morgan fingerprint density at radius 1 is 1.47 bits per heavy atom. The van der Waals surface area contributed by atoms with Crippen molar-refractivity contribution >= 4 is 29.1 Å². The second kappa shape index (κ2) is 5.87. The van der Waals surface area contributed by atoms with Crippen molar-refractivity contribution in [3.63, 3.8) is 0 Å². The van der Waals surface area contributed by atoms with Crippen molar-refractivity contribution < 1.29 is 4.74 Å². The Labute approximate surface area is 112 Å². The number of thioether (sulfide) groups is 1. The van der Waals surface area contributed by atoms with Crippen molar-refractivity contribution in [1.82, 2.24) is 0 Å². The predicted octanol–water partition coefficient (Wildman–Crippen LogP) is 4.04. The Morgan fingerprint density at radius 3 is 2.88 bits per heavy atom. The monoisotopic (exact) mass is 271 g/mol. The van der Waals surface area contributed by atoms with E-state index in [1.54, 1.807) is 0 Å². The van der Waals surface area contributed by atoms with Gasteiger partial charge in [0.1, 0.15) is 5.75 Å². The van der Waals surface area contributed by atoms with E-state index in [-0.39, 0.29) is 6.10 Å². The van der Waals surface area contributed by atoms with Crippen LogP contribution in [0.4, 0.5) is 5.69 Å². The first kappa shape index (κ1) is 12.9. The highest BCUT2D eigenvalue weighted by Gasteiger charge is 2.15. The van der Waals surface area contributed by atoms with Crippen LogP contribution in [-0.4, -0.2) is 23.7 Å². The molecule has 1 aliphatic heterocycles. The number of benzene rings is 1. The molecule has 1 fully saturated rings. The van der Waals surface area contributed by atoms with Crippen LogP contribution in [0.5, 0.6) is 5.75 Å². The molecule has 1 aromatic rings. The molecule has 1 atom stereocenters. The molecule has 0 bridgehead atoms. The SMILES string of the molecule is CC(C)Oc1ccc(NC2CCSC2)cc1Cl. The van der Waals surface area contributed by atoms with Crippen molar-refractivity contribution in [2.24, 2.45) is 0 Å². The predicted molar refractivity (Wildman–Crippen MR) is 76.6 cm³/mol. The summed E-state index contributed by atoms with van der Waals surface area (Å²) in [6, 6.07) is 6.50. The van der Waals surface area contributed by atoms with Gasteiger partial charge in [-0.1, -0.05) is 11.6 Å². The van der Waals surface area contributed by atoms with Gasteiger partial charge in [0.2, 0.25) is 0 Å². The fourth-order valence-electron chi connectivity index (χ4n) is 1.82. The van der Waals surface area contributed by atoms with Gasteiger partial charge < -0.3 is 10.1 Å². The molecular formula is C13H18ClNOS. The first-order valence-electron chi connectivity index (χ1n) is 5.95. The van der Waals surface area contributed by atoms with E-state index < -0.39 is 0 Å². The van der Waals surface area contributed by atoms with Crippen LogP contribution in [0.25, 0.3) is 0 Å². The lowest BCUT2D eigenvalue weighted by atomic mass is 10.2. The fraction of sp³-hybridized carbons (Fsp3) is 0.538. The van der Waals surface area contributed by atoms with E-state index in [2.05, 4.69) is 5.32 Å². The largest absolute Gasteiger partial charge is 0.489 e. The number of hydrogen-bond donors (Lipinski definition) is 1. The molecule has 1 unspecified atom stereocenters. The van der Waals surface area contributed by atoms with Crippen molar-refractivity contribution in [3.05, 3.63) is 23.2 Å². The maximum absolute atomic E-state index is 6.19. The van der Waals surface area contributed by atoms with Crippen LogP contribution in [0.2, 0.25) is 5.02 Å². The van der Waals surface area contributed by atoms with Crippen molar-refractivity contribution in [1.29, 1.82) is 0 Å². The normalized spacial score (nSPS) is 19.6. The summed E-state index contributed by atoms with van der Waals surface area (Å²) in [6.07, 6.45) is 1.38. The standard InChI is InChI=1S/C13H18ClNOS/c1-9(2)16-13-4-3-10(7-12(13)14)15-11-5-6-17-8-11/h3-4,7,9,11,15H,5-6,8H2,1-2H3. The van der Waals surface area contributed by atoms with Gasteiger partial charge in [0, 0.05) is 17.5 Å². The molecular weight excluding hydrogens is 254 g/mol. The third-order valence-corrected chi connectivity index (χ3v) is 4.05. The van der Waals surface area contributed by atoms with Crippen LogP contribution >= 0.6 is 23.4 Å². The zero-order valence-electron chi connectivity index (χ0n) is 10.2. The van der Waals surface area contributed by atoms with E-state index in [4.69, 9.17) is 16.3 Å². The van der Waals surface area contributed by atoms with Crippen molar-refractivity contribution in [3.8, 4) is 5.75 Å². The zero-order valence-corrected chi connectivity index (χ0v) is 11.8. The molecule has 1 saturated heterocycles. The highest BCUT2D eigenvalue weighted by atomic mass is 35.5. The minimum absolute atomic E-state index is 0.151. The first-order valence-corrected chi connectivity index (χ1v) is 7.49. The summed E-state index contributed by atoms with van der Waals surface area (Å²) < 4.78 is 5.61. The third kappa shape index (κ3) is 3.71. The second-order valence-corrected chi connectivity index (χ2v) is 6.07. The molecule has 17 heavy (non-hydrogen) atoms. The van der Waals surface area contributed by atoms with Crippen LogP contribution in [-0.2, 0) is 0 Å². The molecule has 0 aromatic heterocycles. The molecule has 4 heteroatoms. The number of rotatable bonds is 4. The lowest BCUT2D eigenvalue weighted by molar-refractivity contribution is 0.242. The number of nitrogens with one attached hydrogen (secondary N) is 1. The molecule has 0 aliphatic carbocycles. The quantitative estimate of drug-likeness (QED) is 0.893. The fourth-order valence-corrected chi connectivity index (χ4v) is 3.20. The van der Waals surface area contributed by atoms with Crippen LogP contribution in [0, 0.1) is 0 Å². The van der Waals surface area contributed by atoms with E-state index in [0.717, 1.165) is 11.4 Å².